The van der Waals surface area contributed by atoms with Crippen LogP contribution >= 0.6 is 23.2 Å². The second-order valence-electron chi connectivity index (χ2n) is 3.11. The Kier molecular flexibility index (Phi) is 4.28. The van der Waals surface area contributed by atoms with Crippen LogP contribution in [0.1, 0.15) is 18.5 Å². The van der Waals surface area contributed by atoms with Gasteiger partial charge in [0.05, 0.1) is 11.6 Å². The number of nitrogens with one attached hydrogen (secondary N) is 1. The van der Waals surface area contributed by atoms with Gasteiger partial charge in [-0.25, -0.2) is 0 Å². The summed E-state index contributed by atoms with van der Waals surface area (Å²) in [6.07, 6.45) is 5.12. The smallest absolute Gasteiger partial charge is 0.140 e. The molecule has 4 heteroatoms. The van der Waals surface area contributed by atoms with E-state index in [1.54, 1.807) is 12.1 Å². The average molecular weight is 244 g/mol. The number of hydrogen-bond donors (Lipinski definition) is 2. The van der Waals surface area contributed by atoms with Gasteiger partial charge in [0.25, 0.3) is 0 Å². The number of aromatic hydroxyl groups is 1. The maximum absolute atomic E-state index is 9.74. The van der Waals surface area contributed by atoms with E-state index in [4.69, 9.17) is 29.6 Å². The van der Waals surface area contributed by atoms with Crippen LogP contribution < -0.4 is 5.32 Å². The zero-order valence-electron chi connectivity index (χ0n) is 8.22. The van der Waals surface area contributed by atoms with E-state index < -0.39 is 0 Å². The highest BCUT2D eigenvalue weighted by molar-refractivity contribution is 6.43. The number of hydrogen-bond acceptors (Lipinski definition) is 2. The molecular formula is C11H11Cl2NO. The van der Waals surface area contributed by atoms with Crippen LogP contribution in [0.15, 0.2) is 12.1 Å². The third kappa shape index (κ3) is 2.79. The van der Waals surface area contributed by atoms with Gasteiger partial charge in [-0.1, -0.05) is 35.2 Å². The summed E-state index contributed by atoms with van der Waals surface area (Å²) < 4.78 is 0. The van der Waals surface area contributed by atoms with E-state index >= 15 is 0 Å². The molecule has 1 aromatic rings. The Labute approximate surface area is 99.2 Å². The molecule has 2 nitrogen and oxygen atoms in total. The summed E-state index contributed by atoms with van der Waals surface area (Å²) in [7, 11) is 0. The van der Waals surface area contributed by atoms with Crippen molar-refractivity contribution in [3.63, 3.8) is 0 Å². The van der Waals surface area contributed by atoms with E-state index in [-0.39, 0.29) is 16.8 Å². The Hall–Kier alpha value is -0.880. The topological polar surface area (TPSA) is 32.3 Å². The number of phenols is 1. The standard InChI is InChI=1S/C11H11Cl2NO/c1-3-6-14-7(2)8-4-5-9(12)10(13)11(8)15/h1,4-5,7,14-15H,6H2,2H3. The molecule has 0 aliphatic heterocycles. The van der Waals surface area contributed by atoms with Crippen LogP contribution in [-0.2, 0) is 0 Å². The second-order valence-corrected chi connectivity index (χ2v) is 3.89. The summed E-state index contributed by atoms with van der Waals surface area (Å²) >= 11 is 11.6. The summed E-state index contributed by atoms with van der Waals surface area (Å²) in [5.41, 5.74) is 0.680. The van der Waals surface area contributed by atoms with Crippen LogP contribution in [0.4, 0.5) is 0 Å². The molecule has 0 amide bonds. The lowest BCUT2D eigenvalue weighted by molar-refractivity contribution is 0.456. The fraction of sp³-hybridized carbons (Fsp3) is 0.273. The largest absolute Gasteiger partial charge is 0.506 e. The first kappa shape index (κ1) is 12.2. The van der Waals surface area contributed by atoms with Crippen LogP contribution in [0.5, 0.6) is 5.75 Å². The van der Waals surface area contributed by atoms with Gasteiger partial charge in [-0.3, -0.25) is 5.32 Å². The Bertz CT molecular complexity index is 398. The third-order valence-corrected chi connectivity index (χ3v) is 2.87. The van der Waals surface area contributed by atoms with Gasteiger partial charge < -0.3 is 5.11 Å². The molecule has 0 fully saturated rings. The lowest BCUT2D eigenvalue weighted by Crippen LogP contribution is -2.18. The van der Waals surface area contributed by atoms with Crippen LogP contribution in [0.25, 0.3) is 0 Å². The van der Waals surface area contributed by atoms with Gasteiger partial charge in [0.1, 0.15) is 10.8 Å². The van der Waals surface area contributed by atoms with E-state index in [1.165, 1.54) is 0 Å². The summed E-state index contributed by atoms with van der Waals surface area (Å²) in [5, 5.41) is 13.3. The first-order valence-electron chi connectivity index (χ1n) is 4.41. The molecule has 0 spiro atoms. The predicted molar refractivity (Wildman–Crippen MR) is 63.4 cm³/mol. The van der Waals surface area contributed by atoms with Crippen molar-refractivity contribution in [1.82, 2.24) is 5.32 Å². The summed E-state index contributed by atoms with van der Waals surface area (Å²) in [6, 6.07) is 3.29. The molecule has 1 unspecified atom stereocenters. The van der Waals surface area contributed by atoms with Crippen molar-refractivity contribution in [3.8, 4) is 18.1 Å². The molecule has 0 heterocycles. The Morgan fingerprint density at radius 3 is 2.80 bits per heavy atom. The molecule has 0 saturated carbocycles. The van der Waals surface area contributed by atoms with Crippen molar-refractivity contribution in [2.45, 2.75) is 13.0 Å². The zero-order chi connectivity index (χ0) is 11.4. The van der Waals surface area contributed by atoms with Gasteiger partial charge in [-0.15, -0.1) is 6.42 Å². The lowest BCUT2D eigenvalue weighted by atomic mass is 10.1. The van der Waals surface area contributed by atoms with Crippen LogP contribution in [0, 0.1) is 12.3 Å². The maximum Gasteiger partial charge on any atom is 0.140 e. The van der Waals surface area contributed by atoms with E-state index in [1.807, 2.05) is 6.92 Å². The quantitative estimate of drug-likeness (QED) is 0.801. The summed E-state index contributed by atoms with van der Waals surface area (Å²) in [5.74, 6) is 2.46. The minimum absolute atomic E-state index is 0.00110. The highest BCUT2D eigenvalue weighted by Crippen LogP contribution is 2.36. The molecule has 0 bridgehead atoms. The molecule has 80 valence electrons. The van der Waals surface area contributed by atoms with Gasteiger partial charge in [-0.2, -0.15) is 0 Å². The SMILES string of the molecule is C#CCNC(C)c1ccc(Cl)c(Cl)c1O. The van der Waals surface area contributed by atoms with Gasteiger partial charge in [0.2, 0.25) is 0 Å². The van der Waals surface area contributed by atoms with Crippen molar-refractivity contribution < 1.29 is 5.11 Å². The van der Waals surface area contributed by atoms with Crippen molar-refractivity contribution >= 4 is 23.2 Å². The fourth-order valence-electron chi connectivity index (χ4n) is 1.23. The minimum Gasteiger partial charge on any atom is -0.506 e. The van der Waals surface area contributed by atoms with Gasteiger partial charge in [-0.05, 0) is 13.0 Å². The van der Waals surface area contributed by atoms with E-state index in [2.05, 4.69) is 11.2 Å². The van der Waals surface area contributed by atoms with E-state index in [9.17, 15) is 5.11 Å². The molecule has 1 rings (SSSR count). The van der Waals surface area contributed by atoms with Crippen LogP contribution in [0.3, 0.4) is 0 Å². The summed E-state index contributed by atoms with van der Waals surface area (Å²) in [6.45, 7) is 2.32. The van der Waals surface area contributed by atoms with Crippen LogP contribution in [0.2, 0.25) is 10.0 Å². The Balaban J connectivity index is 2.96. The van der Waals surface area contributed by atoms with Gasteiger partial charge >= 0.3 is 0 Å². The highest BCUT2D eigenvalue weighted by atomic mass is 35.5. The van der Waals surface area contributed by atoms with Gasteiger partial charge in [0, 0.05) is 11.6 Å². The first-order valence-corrected chi connectivity index (χ1v) is 5.17. The zero-order valence-corrected chi connectivity index (χ0v) is 9.73. The molecule has 15 heavy (non-hydrogen) atoms. The highest BCUT2D eigenvalue weighted by Gasteiger charge is 2.14. The lowest BCUT2D eigenvalue weighted by Gasteiger charge is -2.15. The van der Waals surface area contributed by atoms with Gasteiger partial charge in [0.15, 0.2) is 0 Å². The molecule has 1 atom stereocenters. The number of rotatable bonds is 3. The second kappa shape index (κ2) is 5.27. The number of halogens is 2. The molecule has 1 aromatic carbocycles. The fourth-order valence-corrected chi connectivity index (χ4v) is 1.55. The maximum atomic E-state index is 9.74. The monoisotopic (exact) mass is 243 g/mol. The van der Waals surface area contributed by atoms with Crippen molar-refractivity contribution in [1.29, 1.82) is 0 Å². The van der Waals surface area contributed by atoms with Crippen molar-refractivity contribution in [2.24, 2.45) is 0 Å². The Morgan fingerprint density at radius 2 is 2.20 bits per heavy atom. The third-order valence-electron chi connectivity index (χ3n) is 2.08. The average Bonchev–Trinajstić information content (AvgIpc) is 2.23. The number of benzene rings is 1. The van der Waals surface area contributed by atoms with Crippen LogP contribution in [-0.4, -0.2) is 11.7 Å². The molecular weight excluding hydrogens is 233 g/mol. The van der Waals surface area contributed by atoms with Crippen molar-refractivity contribution in [2.75, 3.05) is 6.54 Å². The van der Waals surface area contributed by atoms with E-state index in [0.717, 1.165) is 0 Å². The molecule has 0 radical (unpaired) electrons. The van der Waals surface area contributed by atoms with E-state index in [0.29, 0.717) is 17.1 Å². The minimum atomic E-state index is -0.0733. The molecule has 0 saturated heterocycles. The Morgan fingerprint density at radius 1 is 1.53 bits per heavy atom. The first-order chi connectivity index (χ1) is 7.07. The predicted octanol–water partition coefficient (Wildman–Crippen LogP) is 2.98. The number of phenolic OH excluding ortho intramolecular Hbond substituents is 1. The van der Waals surface area contributed by atoms with Crippen molar-refractivity contribution in [3.05, 3.63) is 27.7 Å². The number of terminal acetylenes is 1. The molecule has 2 N–H and O–H groups in total. The summed E-state index contributed by atoms with van der Waals surface area (Å²) in [4.78, 5) is 0. The normalized spacial score (nSPS) is 12.1. The molecule has 0 aliphatic rings. The molecule has 0 aromatic heterocycles. The molecule has 0 aliphatic carbocycles.